The van der Waals surface area contributed by atoms with E-state index in [4.69, 9.17) is 9.47 Å². The number of rotatable bonds is 12. The molecule has 0 aliphatic carbocycles. The van der Waals surface area contributed by atoms with Gasteiger partial charge in [-0.05, 0) is 61.6 Å². The van der Waals surface area contributed by atoms with Crippen LogP contribution in [-0.4, -0.2) is 43.0 Å². The maximum absolute atomic E-state index is 13.3. The average Bonchev–Trinajstić information content (AvgIpc) is 2.79. The number of methoxy groups -OCH3 is 1. The monoisotopic (exact) mass is 440 g/mol. The number of carbonyl (C=O) groups excluding carboxylic acids is 2. The molecule has 0 unspecified atom stereocenters. The summed E-state index contributed by atoms with van der Waals surface area (Å²) in [6.45, 7) is 8.69. The van der Waals surface area contributed by atoms with Crippen molar-refractivity contribution in [3.8, 4) is 11.5 Å². The lowest BCUT2D eigenvalue weighted by atomic mass is 10.1. The second-order valence-corrected chi connectivity index (χ2v) is 8.00. The summed E-state index contributed by atoms with van der Waals surface area (Å²) in [5.74, 6) is 1.03. The number of unbranched alkanes of at least 4 members (excludes halogenated alkanes) is 1. The fraction of sp³-hybridized carbons (Fsp3) is 0.462. The zero-order valence-corrected chi connectivity index (χ0v) is 19.9. The molecule has 0 heterocycles. The Balaban J connectivity index is 2.23. The zero-order valence-electron chi connectivity index (χ0n) is 19.9. The van der Waals surface area contributed by atoms with E-state index in [2.05, 4.69) is 12.2 Å². The van der Waals surface area contributed by atoms with Gasteiger partial charge in [0, 0.05) is 13.1 Å². The molecule has 0 saturated carbocycles. The SMILES string of the molecule is CCCCNC(=O)[C@H](CC)N(Cc1cccc(OC)c1)C(=O)COc1cc(C)ccc1C. The third-order valence-electron chi connectivity index (χ3n) is 5.40. The molecule has 0 spiro atoms. The Morgan fingerprint density at radius 3 is 2.56 bits per heavy atom. The second-order valence-electron chi connectivity index (χ2n) is 8.00. The van der Waals surface area contributed by atoms with Gasteiger partial charge in [0.15, 0.2) is 6.61 Å². The predicted octanol–water partition coefficient (Wildman–Crippen LogP) is 4.41. The fourth-order valence-corrected chi connectivity index (χ4v) is 3.48. The highest BCUT2D eigenvalue weighted by molar-refractivity contribution is 5.88. The molecule has 174 valence electrons. The molecule has 1 atom stereocenters. The standard InChI is InChI=1S/C26H36N2O4/c1-6-8-14-27-26(30)23(7-2)28(17-21-10-9-11-22(16-21)31-5)25(29)18-32-24-15-19(3)12-13-20(24)4/h9-13,15-16,23H,6-8,14,17-18H2,1-5H3,(H,27,30)/t23-/m0/s1. The number of amides is 2. The van der Waals surface area contributed by atoms with Crippen LogP contribution in [0.4, 0.5) is 0 Å². The van der Waals surface area contributed by atoms with Crippen molar-refractivity contribution < 1.29 is 19.1 Å². The van der Waals surface area contributed by atoms with E-state index in [1.807, 2.05) is 63.2 Å². The first-order valence-electron chi connectivity index (χ1n) is 11.3. The number of nitrogens with zero attached hydrogens (tertiary/aromatic N) is 1. The van der Waals surface area contributed by atoms with Crippen molar-refractivity contribution in [1.29, 1.82) is 0 Å². The summed E-state index contributed by atoms with van der Waals surface area (Å²) in [6.07, 6.45) is 2.41. The molecule has 0 radical (unpaired) electrons. The van der Waals surface area contributed by atoms with Gasteiger partial charge in [-0.3, -0.25) is 9.59 Å². The smallest absolute Gasteiger partial charge is 0.261 e. The van der Waals surface area contributed by atoms with Gasteiger partial charge in [-0.15, -0.1) is 0 Å². The Bertz CT molecular complexity index is 897. The van der Waals surface area contributed by atoms with Gasteiger partial charge in [0.25, 0.3) is 5.91 Å². The lowest BCUT2D eigenvalue weighted by Crippen LogP contribution is -2.50. The van der Waals surface area contributed by atoms with E-state index >= 15 is 0 Å². The van der Waals surface area contributed by atoms with Gasteiger partial charge in [0.05, 0.1) is 7.11 Å². The first-order valence-corrected chi connectivity index (χ1v) is 11.3. The summed E-state index contributed by atoms with van der Waals surface area (Å²) in [5, 5.41) is 2.97. The molecule has 0 aromatic heterocycles. The van der Waals surface area contributed by atoms with Crippen LogP contribution in [0.3, 0.4) is 0 Å². The first kappa shape index (κ1) is 25.2. The number of aryl methyl sites for hydroxylation is 2. The Labute approximate surface area is 191 Å². The van der Waals surface area contributed by atoms with Crippen LogP contribution in [0.2, 0.25) is 0 Å². The molecule has 6 nitrogen and oxygen atoms in total. The van der Waals surface area contributed by atoms with Crippen LogP contribution in [0, 0.1) is 13.8 Å². The molecule has 2 amide bonds. The highest BCUT2D eigenvalue weighted by atomic mass is 16.5. The van der Waals surface area contributed by atoms with E-state index in [0.29, 0.717) is 31.0 Å². The second kappa shape index (κ2) is 12.7. The molecule has 6 heteroatoms. The van der Waals surface area contributed by atoms with E-state index < -0.39 is 6.04 Å². The van der Waals surface area contributed by atoms with Crippen LogP contribution in [0.25, 0.3) is 0 Å². The summed E-state index contributed by atoms with van der Waals surface area (Å²) in [5.41, 5.74) is 2.92. The average molecular weight is 441 g/mol. The minimum atomic E-state index is -0.576. The highest BCUT2D eigenvalue weighted by Gasteiger charge is 2.29. The molecule has 0 saturated heterocycles. The first-order chi connectivity index (χ1) is 15.4. The van der Waals surface area contributed by atoms with Gasteiger partial charge in [-0.2, -0.15) is 0 Å². The number of hydrogen-bond acceptors (Lipinski definition) is 4. The Kier molecular flexibility index (Phi) is 10.1. The van der Waals surface area contributed by atoms with Crippen molar-refractivity contribution in [3.05, 3.63) is 59.2 Å². The van der Waals surface area contributed by atoms with Gasteiger partial charge in [0.1, 0.15) is 17.5 Å². The summed E-state index contributed by atoms with van der Waals surface area (Å²) in [6, 6.07) is 12.9. The minimum absolute atomic E-state index is 0.132. The van der Waals surface area contributed by atoms with E-state index in [0.717, 1.165) is 29.5 Å². The number of nitrogens with one attached hydrogen (secondary N) is 1. The normalized spacial score (nSPS) is 11.5. The van der Waals surface area contributed by atoms with Gasteiger partial charge in [0.2, 0.25) is 5.91 Å². The van der Waals surface area contributed by atoms with Crippen LogP contribution in [0.1, 0.15) is 49.8 Å². The van der Waals surface area contributed by atoms with Crippen molar-refractivity contribution in [2.24, 2.45) is 0 Å². The van der Waals surface area contributed by atoms with Crippen molar-refractivity contribution in [2.45, 2.75) is 59.5 Å². The topological polar surface area (TPSA) is 67.9 Å². The largest absolute Gasteiger partial charge is 0.497 e. The summed E-state index contributed by atoms with van der Waals surface area (Å²) >= 11 is 0. The molecule has 2 rings (SSSR count). The third kappa shape index (κ3) is 7.29. The number of ether oxygens (including phenoxy) is 2. The summed E-state index contributed by atoms with van der Waals surface area (Å²) in [7, 11) is 1.61. The lowest BCUT2D eigenvalue weighted by Gasteiger charge is -2.30. The molecule has 2 aromatic carbocycles. The van der Waals surface area contributed by atoms with Gasteiger partial charge in [-0.1, -0.05) is 44.5 Å². The van der Waals surface area contributed by atoms with Crippen LogP contribution >= 0.6 is 0 Å². The van der Waals surface area contributed by atoms with E-state index in [1.54, 1.807) is 12.0 Å². The lowest BCUT2D eigenvalue weighted by molar-refractivity contribution is -0.143. The molecule has 0 bridgehead atoms. The van der Waals surface area contributed by atoms with E-state index in [-0.39, 0.29) is 18.4 Å². The van der Waals surface area contributed by atoms with Crippen molar-refractivity contribution >= 4 is 11.8 Å². The minimum Gasteiger partial charge on any atom is -0.497 e. The fourth-order valence-electron chi connectivity index (χ4n) is 3.48. The number of benzene rings is 2. The van der Waals surface area contributed by atoms with Crippen LogP contribution in [0.5, 0.6) is 11.5 Å². The molecule has 1 N–H and O–H groups in total. The third-order valence-corrected chi connectivity index (χ3v) is 5.40. The maximum atomic E-state index is 13.3. The van der Waals surface area contributed by atoms with Gasteiger partial charge >= 0.3 is 0 Å². The van der Waals surface area contributed by atoms with Gasteiger partial charge < -0.3 is 19.7 Å². The number of carbonyl (C=O) groups is 2. The van der Waals surface area contributed by atoms with Crippen LogP contribution in [-0.2, 0) is 16.1 Å². The quantitative estimate of drug-likeness (QED) is 0.496. The summed E-state index contributed by atoms with van der Waals surface area (Å²) in [4.78, 5) is 27.8. The molecule has 2 aromatic rings. The van der Waals surface area contributed by atoms with Crippen molar-refractivity contribution in [3.63, 3.8) is 0 Å². The molecular weight excluding hydrogens is 404 g/mol. The Morgan fingerprint density at radius 2 is 1.88 bits per heavy atom. The van der Waals surface area contributed by atoms with E-state index in [9.17, 15) is 9.59 Å². The maximum Gasteiger partial charge on any atom is 0.261 e. The molecule has 0 aliphatic heterocycles. The van der Waals surface area contributed by atoms with E-state index in [1.165, 1.54) is 0 Å². The molecule has 32 heavy (non-hydrogen) atoms. The van der Waals surface area contributed by atoms with Crippen molar-refractivity contribution in [1.82, 2.24) is 10.2 Å². The van der Waals surface area contributed by atoms with Crippen molar-refractivity contribution in [2.75, 3.05) is 20.3 Å². The van der Waals surface area contributed by atoms with Gasteiger partial charge in [-0.25, -0.2) is 0 Å². The molecular formula is C26H36N2O4. The summed E-state index contributed by atoms with van der Waals surface area (Å²) < 4.78 is 11.2. The Morgan fingerprint density at radius 1 is 1.09 bits per heavy atom. The Hall–Kier alpha value is -3.02. The predicted molar refractivity (Wildman–Crippen MR) is 127 cm³/mol. The molecule has 0 aliphatic rings. The molecule has 0 fully saturated rings. The number of hydrogen-bond donors (Lipinski definition) is 1. The van der Waals surface area contributed by atoms with Crippen LogP contribution in [0.15, 0.2) is 42.5 Å². The zero-order chi connectivity index (χ0) is 23.5. The van der Waals surface area contributed by atoms with Crippen LogP contribution < -0.4 is 14.8 Å². The highest BCUT2D eigenvalue weighted by Crippen LogP contribution is 2.21.